The molecule has 1 aromatic heterocycles. The zero-order valence-electron chi connectivity index (χ0n) is 21.5. The van der Waals surface area contributed by atoms with Gasteiger partial charge in [-0.05, 0) is 25.2 Å². The quantitative estimate of drug-likeness (QED) is 0.0543. The lowest BCUT2D eigenvalue weighted by Crippen LogP contribution is -2.58. The molecular weight excluding hydrogens is 500 g/mol. The first-order valence-electron chi connectivity index (χ1n) is 12.0. The van der Waals surface area contributed by atoms with E-state index in [4.69, 9.17) is 22.9 Å². The fourth-order valence-corrected chi connectivity index (χ4v) is 3.40. The van der Waals surface area contributed by atoms with E-state index in [9.17, 15) is 29.1 Å². The zero-order chi connectivity index (χ0) is 28.8. The first kappa shape index (κ1) is 31.8. The van der Waals surface area contributed by atoms with Gasteiger partial charge < -0.3 is 49.0 Å². The van der Waals surface area contributed by atoms with Crippen LogP contribution in [0.4, 0.5) is 0 Å². The number of hydrogen-bond donors (Lipinski definition) is 9. The first-order valence-corrected chi connectivity index (χ1v) is 12.0. The van der Waals surface area contributed by atoms with Gasteiger partial charge >= 0.3 is 5.97 Å². The summed E-state index contributed by atoms with van der Waals surface area (Å²) in [5.41, 5.74) is 22.1. The Bertz CT molecular complexity index is 977. The number of aliphatic carboxylic acids is 1. The number of H-pyrrole nitrogens is 1. The van der Waals surface area contributed by atoms with E-state index in [0.29, 0.717) is 12.1 Å². The number of rotatable bonds is 17. The average molecular weight is 539 g/mol. The molecule has 0 spiro atoms. The van der Waals surface area contributed by atoms with Crippen LogP contribution in [0.3, 0.4) is 0 Å². The van der Waals surface area contributed by atoms with E-state index < -0.39 is 60.2 Å². The lowest BCUT2D eigenvalue weighted by atomic mass is 10.0. The smallest absolute Gasteiger partial charge is 0.326 e. The van der Waals surface area contributed by atoms with E-state index >= 15 is 0 Å². The number of guanidine groups is 1. The number of primary amides is 1. The van der Waals surface area contributed by atoms with Crippen LogP contribution < -0.4 is 38.9 Å². The number of nitrogens with one attached hydrogen (secondary N) is 4. The summed E-state index contributed by atoms with van der Waals surface area (Å²) >= 11 is 0. The van der Waals surface area contributed by atoms with Gasteiger partial charge in [-0.3, -0.25) is 24.2 Å². The van der Waals surface area contributed by atoms with Crippen LogP contribution in [0.15, 0.2) is 17.5 Å². The number of nitrogens with zero attached hydrogens (tertiary/aromatic N) is 2. The van der Waals surface area contributed by atoms with Gasteiger partial charge in [-0.2, -0.15) is 0 Å². The van der Waals surface area contributed by atoms with Crippen molar-refractivity contribution in [1.29, 1.82) is 0 Å². The summed E-state index contributed by atoms with van der Waals surface area (Å²) in [4.78, 5) is 72.0. The fourth-order valence-electron chi connectivity index (χ4n) is 3.40. The van der Waals surface area contributed by atoms with Gasteiger partial charge in [0.15, 0.2) is 5.96 Å². The minimum atomic E-state index is -1.57. The number of amides is 4. The number of carboxylic acid groups (broad SMARTS) is 1. The number of hydrogen-bond acceptors (Lipinski definition) is 8. The third kappa shape index (κ3) is 12.2. The monoisotopic (exact) mass is 538 g/mol. The molecule has 0 bridgehead atoms. The highest BCUT2D eigenvalue weighted by atomic mass is 16.4. The number of aromatic nitrogens is 2. The number of carbonyl (C=O) groups is 5. The second-order valence-corrected chi connectivity index (χ2v) is 9.16. The summed E-state index contributed by atoms with van der Waals surface area (Å²) in [5, 5.41) is 16.7. The summed E-state index contributed by atoms with van der Waals surface area (Å²) in [6.07, 6.45) is 3.08. The van der Waals surface area contributed by atoms with E-state index in [0.717, 1.165) is 0 Å². The molecule has 38 heavy (non-hydrogen) atoms. The molecule has 0 fully saturated rings. The molecule has 4 atom stereocenters. The molecule has 0 saturated carbocycles. The molecule has 4 amide bonds. The van der Waals surface area contributed by atoms with Crippen molar-refractivity contribution in [3.05, 3.63) is 18.2 Å². The van der Waals surface area contributed by atoms with Crippen molar-refractivity contribution >= 4 is 35.6 Å². The van der Waals surface area contributed by atoms with Gasteiger partial charge in [-0.1, -0.05) is 13.8 Å². The molecule has 16 heteroatoms. The van der Waals surface area contributed by atoms with Gasteiger partial charge in [-0.15, -0.1) is 0 Å². The Morgan fingerprint density at radius 3 is 2.13 bits per heavy atom. The predicted molar refractivity (Wildman–Crippen MR) is 137 cm³/mol. The maximum atomic E-state index is 13.2. The topological polar surface area (TPSA) is 287 Å². The highest BCUT2D eigenvalue weighted by molar-refractivity contribution is 5.95. The van der Waals surface area contributed by atoms with E-state index in [2.05, 4.69) is 30.9 Å². The molecule has 0 aliphatic carbocycles. The highest BCUT2D eigenvalue weighted by Gasteiger charge is 2.31. The molecule has 0 radical (unpaired) electrons. The Kier molecular flexibility index (Phi) is 13.2. The molecule has 1 heterocycles. The SMILES string of the molecule is CC(C)CC(NC(=O)C(Cc1cnc[nH]1)NC(=O)C(N)CCCN=C(N)N)C(=O)NC(CC(N)=O)C(=O)O. The average Bonchev–Trinajstić information content (AvgIpc) is 3.32. The highest BCUT2D eigenvalue weighted by Crippen LogP contribution is 2.08. The van der Waals surface area contributed by atoms with Crippen LogP contribution in [-0.4, -0.2) is 81.3 Å². The number of carboxylic acids is 1. The minimum absolute atomic E-state index is 0.00768. The second-order valence-electron chi connectivity index (χ2n) is 9.16. The van der Waals surface area contributed by atoms with Gasteiger partial charge in [0.05, 0.1) is 18.8 Å². The molecule has 4 unspecified atom stereocenters. The summed E-state index contributed by atoms with van der Waals surface area (Å²) in [7, 11) is 0. The van der Waals surface area contributed by atoms with Crippen LogP contribution in [0.25, 0.3) is 0 Å². The van der Waals surface area contributed by atoms with Gasteiger partial charge in [0, 0.05) is 24.9 Å². The Balaban J connectivity index is 3.00. The molecular formula is C22H38N10O6. The van der Waals surface area contributed by atoms with E-state index in [-0.39, 0.29) is 37.7 Å². The van der Waals surface area contributed by atoms with Crippen LogP contribution in [0, 0.1) is 5.92 Å². The molecule has 0 saturated heterocycles. The summed E-state index contributed by atoms with van der Waals surface area (Å²) in [6, 6.07) is -4.83. The van der Waals surface area contributed by atoms with E-state index in [1.807, 2.05) is 0 Å². The number of carbonyl (C=O) groups excluding carboxylic acids is 4. The Morgan fingerprint density at radius 2 is 1.61 bits per heavy atom. The van der Waals surface area contributed by atoms with Crippen molar-refractivity contribution in [3.63, 3.8) is 0 Å². The molecule has 13 N–H and O–H groups in total. The summed E-state index contributed by atoms with van der Waals surface area (Å²) in [5.74, 6) is -4.66. The Hall–Kier alpha value is -4.21. The van der Waals surface area contributed by atoms with E-state index in [1.165, 1.54) is 12.5 Å². The van der Waals surface area contributed by atoms with Crippen LogP contribution in [0.1, 0.15) is 45.2 Å². The lowest BCUT2D eigenvalue weighted by Gasteiger charge is -2.26. The van der Waals surface area contributed by atoms with Gasteiger partial charge in [0.1, 0.15) is 18.1 Å². The van der Waals surface area contributed by atoms with Crippen molar-refractivity contribution in [2.24, 2.45) is 33.8 Å². The van der Waals surface area contributed by atoms with E-state index in [1.54, 1.807) is 13.8 Å². The summed E-state index contributed by atoms with van der Waals surface area (Å²) < 4.78 is 0. The maximum absolute atomic E-state index is 13.2. The second kappa shape index (κ2) is 15.8. The van der Waals surface area contributed by atoms with Crippen LogP contribution in [0.2, 0.25) is 0 Å². The lowest BCUT2D eigenvalue weighted by molar-refractivity contribution is -0.143. The molecule has 16 nitrogen and oxygen atoms in total. The third-order valence-electron chi connectivity index (χ3n) is 5.28. The van der Waals surface area contributed by atoms with Crippen molar-refractivity contribution in [2.45, 2.75) is 70.1 Å². The van der Waals surface area contributed by atoms with Gasteiger partial charge in [0.25, 0.3) is 0 Å². The Morgan fingerprint density at radius 1 is 1.00 bits per heavy atom. The molecule has 0 aliphatic rings. The maximum Gasteiger partial charge on any atom is 0.326 e. The number of imidazole rings is 1. The molecule has 0 aromatic carbocycles. The molecule has 0 aliphatic heterocycles. The first-order chi connectivity index (χ1) is 17.8. The number of nitrogens with two attached hydrogens (primary N) is 4. The molecule has 212 valence electrons. The van der Waals surface area contributed by atoms with Gasteiger partial charge in [0.2, 0.25) is 23.6 Å². The zero-order valence-corrected chi connectivity index (χ0v) is 21.5. The van der Waals surface area contributed by atoms with Crippen LogP contribution in [-0.2, 0) is 30.4 Å². The standard InChI is InChI=1S/C22H38N10O6/c1-11(2)6-14(19(35)32-16(21(37)38)8-17(24)33)31-20(36)15(7-12-9-27-10-29-12)30-18(34)13(23)4-3-5-28-22(25)26/h9-11,13-16H,3-8,23H2,1-2H3,(H2,24,33)(H,27,29)(H,30,34)(H,31,36)(H,32,35)(H,37,38)(H4,25,26,28). The third-order valence-corrected chi connectivity index (χ3v) is 5.28. The van der Waals surface area contributed by atoms with Crippen molar-refractivity contribution in [2.75, 3.05) is 6.54 Å². The van der Waals surface area contributed by atoms with Crippen molar-refractivity contribution < 1.29 is 29.1 Å². The van der Waals surface area contributed by atoms with Crippen molar-refractivity contribution in [3.8, 4) is 0 Å². The summed E-state index contributed by atoms with van der Waals surface area (Å²) in [6.45, 7) is 3.88. The minimum Gasteiger partial charge on any atom is -0.480 e. The van der Waals surface area contributed by atoms with Gasteiger partial charge in [-0.25, -0.2) is 9.78 Å². The molecule has 1 rings (SSSR count). The predicted octanol–water partition coefficient (Wildman–Crippen LogP) is -3.21. The largest absolute Gasteiger partial charge is 0.480 e. The Labute approximate surface area is 219 Å². The fraction of sp³-hybridized carbons (Fsp3) is 0.591. The van der Waals surface area contributed by atoms with Crippen LogP contribution in [0.5, 0.6) is 0 Å². The molecule has 1 aromatic rings. The number of aliphatic imine (C=N–C) groups is 1. The normalized spacial score (nSPS) is 14.0. The van der Waals surface area contributed by atoms with Crippen LogP contribution >= 0.6 is 0 Å². The number of aromatic amines is 1. The van der Waals surface area contributed by atoms with Crippen molar-refractivity contribution in [1.82, 2.24) is 25.9 Å².